The highest BCUT2D eigenvalue weighted by Gasteiger charge is 2.33. The molecule has 2 rings (SSSR count). The Morgan fingerprint density at radius 3 is 2.79 bits per heavy atom. The van der Waals surface area contributed by atoms with Crippen LogP contribution in [0.1, 0.15) is 18.4 Å². The van der Waals surface area contributed by atoms with Gasteiger partial charge in [-0.3, -0.25) is 15.0 Å². The van der Waals surface area contributed by atoms with E-state index in [2.05, 4.69) is 4.90 Å². The number of likely N-dealkylation sites (N-methyl/N-ethyl adjacent to an activating group) is 1. The van der Waals surface area contributed by atoms with Gasteiger partial charge in [0.2, 0.25) is 0 Å². The zero-order valence-electron chi connectivity index (χ0n) is 10.9. The maximum absolute atomic E-state index is 11.0. The third kappa shape index (κ3) is 3.43. The first kappa shape index (κ1) is 14.2. The van der Waals surface area contributed by atoms with Gasteiger partial charge in [-0.1, -0.05) is 11.6 Å². The smallest absolute Gasteiger partial charge is 0.273 e. The number of nitro groups is 1. The number of nitrogens with two attached hydrogens (primary N) is 1. The summed E-state index contributed by atoms with van der Waals surface area (Å²) in [6.07, 6.45) is 2.40. The molecule has 2 N–H and O–H groups in total. The first-order valence-electron chi connectivity index (χ1n) is 6.36. The minimum Gasteiger partial charge on any atom is -0.329 e. The van der Waals surface area contributed by atoms with Gasteiger partial charge >= 0.3 is 0 Å². The van der Waals surface area contributed by atoms with Crippen molar-refractivity contribution in [2.24, 2.45) is 11.7 Å². The summed E-state index contributed by atoms with van der Waals surface area (Å²) in [5.41, 5.74) is 6.55. The molecule has 0 saturated heterocycles. The van der Waals surface area contributed by atoms with Crippen LogP contribution < -0.4 is 5.73 Å². The minimum absolute atomic E-state index is 0.114. The highest BCUT2D eigenvalue weighted by Crippen LogP contribution is 2.35. The van der Waals surface area contributed by atoms with Gasteiger partial charge in [0.1, 0.15) is 0 Å². The van der Waals surface area contributed by atoms with Gasteiger partial charge in [0.15, 0.2) is 0 Å². The fraction of sp³-hybridized carbons (Fsp3) is 0.538. The molecule has 1 atom stereocenters. The summed E-state index contributed by atoms with van der Waals surface area (Å²) in [7, 11) is 1.96. The van der Waals surface area contributed by atoms with Crippen LogP contribution in [-0.4, -0.2) is 29.5 Å². The van der Waals surface area contributed by atoms with Crippen LogP contribution in [-0.2, 0) is 6.54 Å². The van der Waals surface area contributed by atoms with E-state index >= 15 is 0 Å². The van der Waals surface area contributed by atoms with Crippen LogP contribution >= 0.6 is 11.6 Å². The van der Waals surface area contributed by atoms with Crippen molar-refractivity contribution in [1.82, 2.24) is 4.90 Å². The first-order valence-corrected chi connectivity index (χ1v) is 6.74. The van der Waals surface area contributed by atoms with Crippen molar-refractivity contribution < 1.29 is 4.92 Å². The lowest BCUT2D eigenvalue weighted by atomic mass is 10.1. The van der Waals surface area contributed by atoms with Gasteiger partial charge in [0.25, 0.3) is 5.69 Å². The van der Waals surface area contributed by atoms with E-state index in [4.69, 9.17) is 17.3 Å². The maximum atomic E-state index is 11.0. The number of halogens is 1. The van der Waals surface area contributed by atoms with Crippen molar-refractivity contribution >= 4 is 17.3 Å². The quantitative estimate of drug-likeness (QED) is 0.643. The highest BCUT2D eigenvalue weighted by atomic mass is 35.5. The van der Waals surface area contributed by atoms with Crippen LogP contribution in [0, 0.1) is 16.0 Å². The third-order valence-corrected chi connectivity index (χ3v) is 3.87. The molecule has 0 bridgehead atoms. The van der Waals surface area contributed by atoms with Crippen LogP contribution in [0.25, 0.3) is 0 Å². The summed E-state index contributed by atoms with van der Waals surface area (Å²) in [4.78, 5) is 12.7. The molecule has 0 aromatic heterocycles. The highest BCUT2D eigenvalue weighted by molar-refractivity contribution is 6.30. The Morgan fingerprint density at radius 1 is 1.58 bits per heavy atom. The molecule has 19 heavy (non-hydrogen) atoms. The molecular weight excluding hydrogens is 266 g/mol. The van der Waals surface area contributed by atoms with Gasteiger partial charge in [0.05, 0.1) is 4.92 Å². The lowest BCUT2D eigenvalue weighted by Gasteiger charge is -2.26. The van der Waals surface area contributed by atoms with Gasteiger partial charge in [-0.05, 0) is 37.9 Å². The topological polar surface area (TPSA) is 72.4 Å². The number of nitro benzene ring substituents is 1. The molecule has 1 aliphatic rings. The molecule has 0 amide bonds. The van der Waals surface area contributed by atoms with Gasteiger partial charge in [-0.15, -0.1) is 0 Å². The second-order valence-corrected chi connectivity index (χ2v) is 5.52. The molecule has 0 aliphatic heterocycles. The Kier molecular flexibility index (Phi) is 4.39. The lowest BCUT2D eigenvalue weighted by Crippen LogP contribution is -2.39. The second-order valence-electron chi connectivity index (χ2n) is 5.09. The van der Waals surface area contributed by atoms with Crippen molar-refractivity contribution in [3.8, 4) is 0 Å². The zero-order chi connectivity index (χ0) is 14.0. The Morgan fingerprint density at radius 2 is 2.26 bits per heavy atom. The first-order chi connectivity index (χ1) is 9.02. The molecule has 1 unspecified atom stereocenters. The van der Waals surface area contributed by atoms with Crippen molar-refractivity contribution in [2.45, 2.75) is 25.4 Å². The van der Waals surface area contributed by atoms with E-state index in [1.807, 2.05) is 7.05 Å². The zero-order valence-corrected chi connectivity index (χ0v) is 11.6. The second kappa shape index (κ2) is 5.86. The third-order valence-electron chi connectivity index (χ3n) is 3.63. The summed E-state index contributed by atoms with van der Waals surface area (Å²) in [5.74, 6) is 0.633. The molecule has 0 heterocycles. The summed E-state index contributed by atoms with van der Waals surface area (Å²) in [6.45, 7) is 1.07. The molecule has 1 aromatic carbocycles. The number of hydrogen-bond acceptors (Lipinski definition) is 4. The Hall–Kier alpha value is -1.17. The van der Waals surface area contributed by atoms with Gasteiger partial charge in [0, 0.05) is 35.8 Å². The van der Waals surface area contributed by atoms with E-state index in [1.165, 1.54) is 18.9 Å². The molecule has 0 spiro atoms. The van der Waals surface area contributed by atoms with E-state index in [-0.39, 0.29) is 10.6 Å². The van der Waals surface area contributed by atoms with Crippen LogP contribution in [0.2, 0.25) is 5.02 Å². The number of rotatable bonds is 6. The predicted molar refractivity (Wildman–Crippen MR) is 75.1 cm³/mol. The fourth-order valence-electron chi connectivity index (χ4n) is 2.46. The van der Waals surface area contributed by atoms with E-state index in [0.717, 1.165) is 0 Å². The van der Waals surface area contributed by atoms with Crippen LogP contribution in [0.15, 0.2) is 18.2 Å². The molecular formula is C13H18ClN3O2. The summed E-state index contributed by atoms with van der Waals surface area (Å²) in [6, 6.07) is 4.96. The monoisotopic (exact) mass is 283 g/mol. The van der Waals surface area contributed by atoms with Crippen LogP contribution in [0.3, 0.4) is 0 Å². The molecule has 104 valence electrons. The normalized spacial score (nSPS) is 16.6. The SMILES string of the molecule is CN(Cc1cc(Cl)ccc1[N+](=O)[O-])C(CN)C1CC1. The van der Waals surface area contributed by atoms with Crippen LogP contribution in [0.4, 0.5) is 5.69 Å². The van der Waals surface area contributed by atoms with Gasteiger partial charge in [-0.2, -0.15) is 0 Å². The van der Waals surface area contributed by atoms with E-state index in [9.17, 15) is 10.1 Å². The summed E-state index contributed by atoms with van der Waals surface area (Å²) < 4.78 is 0. The summed E-state index contributed by atoms with van der Waals surface area (Å²) >= 11 is 5.93. The molecule has 6 heteroatoms. The Labute approximate surface area is 117 Å². The number of hydrogen-bond donors (Lipinski definition) is 1. The Bertz CT molecular complexity index is 477. The van der Waals surface area contributed by atoms with Crippen molar-refractivity contribution in [2.75, 3.05) is 13.6 Å². The molecule has 1 fully saturated rings. The molecule has 1 aliphatic carbocycles. The largest absolute Gasteiger partial charge is 0.329 e. The van der Waals surface area contributed by atoms with Gasteiger partial charge < -0.3 is 5.73 Å². The molecule has 1 aromatic rings. The average Bonchev–Trinajstić information content (AvgIpc) is 3.14. The minimum atomic E-state index is -0.367. The predicted octanol–water partition coefficient (Wildman–Crippen LogP) is 2.42. The van der Waals surface area contributed by atoms with Crippen molar-refractivity contribution in [3.63, 3.8) is 0 Å². The van der Waals surface area contributed by atoms with Crippen molar-refractivity contribution in [3.05, 3.63) is 38.9 Å². The maximum Gasteiger partial charge on any atom is 0.273 e. The Balaban J connectivity index is 2.17. The van der Waals surface area contributed by atoms with Gasteiger partial charge in [-0.25, -0.2) is 0 Å². The molecule has 1 saturated carbocycles. The van der Waals surface area contributed by atoms with E-state index in [1.54, 1.807) is 12.1 Å². The molecule has 5 nitrogen and oxygen atoms in total. The number of nitrogens with zero attached hydrogens (tertiary/aromatic N) is 2. The van der Waals surface area contributed by atoms with Crippen LogP contribution in [0.5, 0.6) is 0 Å². The average molecular weight is 284 g/mol. The standard InChI is InChI=1S/C13H18ClN3O2/c1-16(13(7-15)9-2-3-9)8-10-6-11(14)4-5-12(10)17(18)19/h4-6,9,13H,2-3,7-8,15H2,1H3. The lowest BCUT2D eigenvalue weighted by molar-refractivity contribution is -0.385. The molecule has 0 radical (unpaired) electrons. The van der Waals surface area contributed by atoms with E-state index in [0.29, 0.717) is 35.6 Å². The summed E-state index contributed by atoms with van der Waals surface area (Å²) in [5, 5.41) is 11.5. The number of benzene rings is 1. The van der Waals surface area contributed by atoms with E-state index < -0.39 is 0 Å². The fourth-order valence-corrected chi connectivity index (χ4v) is 2.65. The van der Waals surface area contributed by atoms with Crippen molar-refractivity contribution in [1.29, 1.82) is 0 Å².